The first-order valence-corrected chi connectivity index (χ1v) is 41.9. The number of hydrogen-bond acceptors (Lipinski definition) is 20. The highest BCUT2D eigenvalue weighted by molar-refractivity contribution is 7.15. The number of halogens is 6. The van der Waals surface area contributed by atoms with Gasteiger partial charge in [-0.1, -0.05) is 121 Å². The van der Waals surface area contributed by atoms with Gasteiger partial charge >= 0.3 is 36.5 Å². The minimum atomic E-state index is -4.50. The normalized spacial score (nSPS) is 18.9. The van der Waals surface area contributed by atoms with Gasteiger partial charge in [0.2, 0.25) is 0 Å². The zero-order chi connectivity index (χ0) is 84.0. The van der Waals surface area contributed by atoms with Gasteiger partial charge in [0, 0.05) is 119 Å². The molecule has 0 spiro atoms. The molecule has 0 bridgehead atoms. The lowest BCUT2D eigenvalue weighted by Gasteiger charge is -2.22. The van der Waals surface area contributed by atoms with Crippen LogP contribution in [0.1, 0.15) is 127 Å². The number of thiazole rings is 4. The van der Waals surface area contributed by atoms with E-state index in [2.05, 4.69) is 61.6 Å². The molecule has 12 aromatic rings. The molecular weight excluding hydrogens is 1650 g/mol. The molecule has 10 aliphatic rings. The van der Waals surface area contributed by atoms with E-state index >= 15 is 0 Å². The minimum absolute atomic E-state index is 0.221. The molecule has 6 fully saturated rings. The number of anilines is 4. The summed E-state index contributed by atoms with van der Waals surface area (Å²) < 4.78 is 76.8. The van der Waals surface area contributed by atoms with E-state index in [1.165, 1.54) is 61.5 Å². The van der Waals surface area contributed by atoms with E-state index in [0.717, 1.165) is 120 Å². The van der Waals surface area contributed by atoms with Gasteiger partial charge in [-0.3, -0.25) is 80.0 Å². The molecule has 2 saturated carbocycles. The van der Waals surface area contributed by atoms with Crippen LogP contribution in [0.2, 0.25) is 0 Å². The second-order valence-corrected chi connectivity index (χ2v) is 33.7. The molecule has 12 heterocycles. The van der Waals surface area contributed by atoms with Crippen molar-refractivity contribution in [3.8, 4) is 42.7 Å². The van der Waals surface area contributed by atoms with Crippen LogP contribution in [-0.4, -0.2) is 92.5 Å². The average molecular weight is 1710 g/mol. The van der Waals surface area contributed by atoms with Gasteiger partial charge in [-0.05, 0) is 130 Å². The number of alkyl halides is 6. The van der Waals surface area contributed by atoms with Crippen LogP contribution in [0.15, 0.2) is 213 Å². The number of carbonyl (C=O) groups is 8. The highest BCUT2D eigenvalue weighted by Gasteiger charge is 2.46. The lowest BCUT2D eigenvalue weighted by Crippen LogP contribution is -2.29. The predicted molar refractivity (Wildman–Crippen MR) is 452 cm³/mol. The Morgan fingerprint density at radius 1 is 0.352 bits per heavy atom. The number of fused-ring (bicyclic) bond motifs is 4. The first-order valence-electron chi connectivity index (χ1n) is 38.5. The molecule has 4 unspecified atom stereocenters. The van der Waals surface area contributed by atoms with Crippen LogP contribution in [0.25, 0.3) is 42.7 Å². The first kappa shape index (κ1) is 78.2. The summed E-state index contributed by atoms with van der Waals surface area (Å²) in [5, 5.41) is 14.3. The lowest BCUT2D eigenvalue weighted by molar-refractivity contribution is -0.140. The monoisotopic (exact) mass is 1710 g/mol. The Bertz CT molecular complexity index is 6050. The van der Waals surface area contributed by atoms with Gasteiger partial charge in [0.05, 0.1) is 48.2 Å². The van der Waals surface area contributed by atoms with Gasteiger partial charge in [0.15, 0.2) is 10.7 Å². The largest absolute Gasteiger partial charge is 0.443 e. The average Bonchev–Trinajstić information content (AvgIpc) is 1.62. The van der Waals surface area contributed by atoms with Crippen LogP contribution in [0.4, 0.5) is 91.0 Å². The van der Waals surface area contributed by atoms with E-state index in [1.807, 2.05) is 116 Å². The van der Waals surface area contributed by atoms with Gasteiger partial charge < -0.3 is 0 Å². The summed E-state index contributed by atoms with van der Waals surface area (Å²) in [5.74, 6) is -0.302. The molecule has 0 radical (unpaired) electrons. The standard InChI is InChI=1S/2C23H18N4O2S.2C21H13F3N4O2S/c28-21-20(27(23(29)26-21)17-8-7-13-9-10-24-18(13)11-17)15-3-1-14(2-4-15)19-12-25-22(30-19)16-5-6-16;28-21-20(27(23(29)26-21)17-8-7-14-9-10-24-18(14)11-17)15-3-1-13(2-4-15)19-12-30-22(25-19)16-5-6-16;22-21(23,24)16-10-31-19(26-16)13-3-1-12(2-4-13)17-18(29)27-20(30)28(17)14-6-5-11-7-8-25-15(11)9-14;22-21(23,24)19-26-10-16(31-19)12-1-3-13(4-2-12)17-18(29)27-20(30)28(17)14-6-5-11-7-8-25-15(11)9-14/h2*1-4,7-8,10-12,16,20H,5-6,9H2,(H,26,28,29);2*1-6,8-10,17H,7H2,(H,27,29,30). The number of aromatic nitrogens is 4. The number of aliphatic imine (C=N–C) groups is 4. The van der Waals surface area contributed by atoms with Gasteiger partial charge in [-0.25, -0.2) is 39.1 Å². The predicted octanol–water partition coefficient (Wildman–Crippen LogP) is 19.3. The third-order valence-electron chi connectivity index (χ3n) is 21.8. The second-order valence-electron chi connectivity index (χ2n) is 29.8. The van der Waals surface area contributed by atoms with Crippen molar-refractivity contribution < 1.29 is 64.7 Å². The number of carbonyl (C=O) groups excluding carboxylic acids is 8. The molecule has 4 N–H and O–H groups in total. The summed E-state index contributed by atoms with van der Waals surface area (Å²) >= 11 is 4.89. The summed E-state index contributed by atoms with van der Waals surface area (Å²) in [6.07, 6.45) is 9.36. The van der Waals surface area contributed by atoms with Crippen LogP contribution in [0, 0.1) is 0 Å². The van der Waals surface area contributed by atoms with E-state index in [1.54, 1.807) is 108 Å². The molecule has 12 amide bonds. The maximum Gasteiger partial charge on any atom is 0.443 e. The number of hydrogen-bond donors (Lipinski definition) is 4. The molecule has 8 aliphatic heterocycles. The minimum Gasteiger partial charge on any atom is -0.277 e. The molecule has 22 rings (SSSR count). The lowest BCUT2D eigenvalue weighted by atomic mass is 10.0. The summed E-state index contributed by atoms with van der Waals surface area (Å²) in [6, 6.07) is 45.6. The van der Waals surface area contributed by atoms with Crippen LogP contribution in [-0.2, 0) is 57.2 Å². The molecular formula is C88H62F6N16O8S4. The number of imide groups is 4. The summed E-state index contributed by atoms with van der Waals surface area (Å²) in [5.41, 5.74) is 15.7. The number of benzene rings is 8. The Morgan fingerprint density at radius 2 is 0.697 bits per heavy atom. The summed E-state index contributed by atoms with van der Waals surface area (Å²) in [7, 11) is 0. The second kappa shape index (κ2) is 31.5. The molecule has 4 atom stereocenters. The van der Waals surface area contributed by atoms with Crippen LogP contribution in [0.5, 0.6) is 0 Å². The van der Waals surface area contributed by atoms with Crippen molar-refractivity contribution in [1.82, 2.24) is 41.2 Å². The molecule has 4 saturated heterocycles. The highest BCUT2D eigenvalue weighted by Crippen LogP contribution is 2.48. The molecule has 122 heavy (non-hydrogen) atoms. The molecule has 2 aliphatic carbocycles. The molecule has 8 aromatic carbocycles. The maximum absolute atomic E-state index is 12.8. The van der Waals surface area contributed by atoms with Crippen molar-refractivity contribution in [3.05, 3.63) is 258 Å². The molecule has 4 aromatic heterocycles. The van der Waals surface area contributed by atoms with Gasteiger partial charge in [0.25, 0.3) is 23.6 Å². The van der Waals surface area contributed by atoms with E-state index < -0.39 is 83.2 Å². The third kappa shape index (κ3) is 15.4. The number of nitrogens with zero attached hydrogens (tertiary/aromatic N) is 12. The van der Waals surface area contributed by atoms with Crippen molar-refractivity contribution in [2.75, 3.05) is 19.6 Å². The number of rotatable bonds is 14. The SMILES string of the molecule is O=C1NC(=O)N(c2ccc3c(c2)N=CC3)C1c1ccc(-c2cnc(C(F)(F)F)s2)cc1.O=C1NC(=O)N(c2ccc3c(c2)N=CC3)C1c1ccc(-c2cnc(C3CC3)s2)cc1.O=C1NC(=O)N(c2ccc3c(c2)N=CC3)C1c1ccc(-c2csc(C3CC3)n2)cc1.O=C1NC(=O)N(c2ccc3c(c2)N=CC3)C1c1ccc(-c2nc(C(F)(F)F)cs2)cc1. The van der Waals surface area contributed by atoms with E-state index in [0.29, 0.717) is 73.1 Å². The quantitative estimate of drug-likeness (QED) is 0.0584. The fourth-order valence-corrected chi connectivity index (χ4v) is 19.1. The zero-order valence-electron chi connectivity index (χ0n) is 63.4. The van der Waals surface area contributed by atoms with E-state index in [4.69, 9.17) is 4.98 Å². The van der Waals surface area contributed by atoms with E-state index in [9.17, 15) is 64.7 Å². The van der Waals surface area contributed by atoms with Crippen molar-refractivity contribution in [2.24, 2.45) is 20.0 Å². The van der Waals surface area contributed by atoms with Gasteiger partial charge in [-0.15, -0.1) is 45.3 Å². The fraction of sp³-hybridized carbons (Fsp3) is 0.182. The summed E-state index contributed by atoms with van der Waals surface area (Å²) in [4.78, 5) is 141. The van der Waals surface area contributed by atoms with Crippen LogP contribution in [0.3, 0.4) is 0 Å². The molecule has 24 nitrogen and oxygen atoms in total. The Labute approximate surface area is 705 Å². The number of nitrogens with one attached hydrogen (secondary N) is 4. The smallest absolute Gasteiger partial charge is 0.277 e. The van der Waals surface area contributed by atoms with Gasteiger partial charge in [-0.2, -0.15) is 26.3 Å². The third-order valence-corrected chi connectivity index (χ3v) is 26.0. The fourth-order valence-electron chi connectivity index (χ4n) is 15.3. The maximum atomic E-state index is 12.8. The van der Waals surface area contributed by atoms with E-state index in [-0.39, 0.29) is 16.8 Å². The van der Waals surface area contributed by atoms with Crippen molar-refractivity contribution in [1.29, 1.82) is 0 Å². The number of amides is 12. The van der Waals surface area contributed by atoms with Crippen molar-refractivity contribution >= 4 is 163 Å². The van der Waals surface area contributed by atoms with Crippen molar-refractivity contribution in [2.45, 2.75) is 99.7 Å². The Kier molecular flexibility index (Phi) is 20.2. The van der Waals surface area contributed by atoms with Gasteiger partial charge in [0.1, 0.15) is 29.2 Å². The summed E-state index contributed by atoms with van der Waals surface area (Å²) in [6.45, 7) is 0. The first-order chi connectivity index (χ1) is 59.0. The van der Waals surface area contributed by atoms with Crippen molar-refractivity contribution in [3.63, 3.8) is 0 Å². The van der Waals surface area contributed by atoms with Crippen LogP contribution >= 0.6 is 45.3 Å². The molecule has 34 heteroatoms. The Hall–Kier alpha value is -13.7. The Balaban J connectivity index is 0.000000107. The highest BCUT2D eigenvalue weighted by atomic mass is 32.1. The molecule has 608 valence electrons. The zero-order valence-corrected chi connectivity index (χ0v) is 66.7. The number of urea groups is 4. The topological polar surface area (TPSA) is 299 Å². The Morgan fingerprint density at radius 3 is 1.04 bits per heavy atom. The van der Waals surface area contributed by atoms with Crippen LogP contribution < -0.4 is 40.9 Å².